The molecule has 0 aromatic carbocycles. The number of aliphatic hydroxyl groups is 1. The maximum absolute atomic E-state index is 13.2. The Bertz CT molecular complexity index is 2170. The minimum Gasteiger partial charge on any atom is -0.462 e. The Morgan fingerprint density at radius 3 is 0.634 bits per heavy atom. The lowest BCUT2D eigenvalue weighted by molar-refractivity contribution is -0.161. The van der Waals surface area contributed by atoms with Crippen LogP contribution >= 0.6 is 15.6 Å². The Hall–Kier alpha value is -1.94. The zero-order valence-electron chi connectivity index (χ0n) is 74.3. The Morgan fingerprint density at radius 1 is 0.250 bits per heavy atom. The van der Waals surface area contributed by atoms with Crippen LogP contribution in [0.2, 0.25) is 0 Å². The standard InChI is InChI=1S/C93H182O17P2/c1-9-86(8)72-64-56-48-43-44-50-58-66-74-91(96)104-80-89(110-93(98)76-68-60-52-42-36-30-24-18-21-27-33-39-47-55-63-71-85(6)7)82-108-112(101,102)106-78-87(94)77-105-111(99,100)107-81-88(109-92(97)75-67-59-51-41-35-29-23-17-13-11-15-20-26-32-38-46-54-62-70-84(4)5)79-103-90(95)73-65-57-49-40-34-28-22-16-12-10-14-19-25-31-37-45-53-61-69-83(2)3/h83-89,94H,9-82H2,1-8H3,(H,99,100)(H,101,102)/t86?,87-,88-,89-/m1/s1. The second-order valence-corrected chi connectivity index (χ2v) is 38.0. The van der Waals surface area contributed by atoms with Gasteiger partial charge in [0.25, 0.3) is 0 Å². The Balaban J connectivity index is 5.25. The second-order valence-electron chi connectivity index (χ2n) is 35.1. The summed E-state index contributed by atoms with van der Waals surface area (Å²) in [4.78, 5) is 73.5. The molecule has 0 radical (unpaired) electrons. The van der Waals surface area contributed by atoms with Gasteiger partial charge in [0.05, 0.1) is 26.4 Å². The molecule has 3 N–H and O–H groups in total. The van der Waals surface area contributed by atoms with Crippen molar-refractivity contribution in [3.8, 4) is 0 Å². The molecule has 666 valence electrons. The molecule has 0 saturated heterocycles. The predicted molar refractivity (Wildman–Crippen MR) is 464 cm³/mol. The summed E-state index contributed by atoms with van der Waals surface area (Å²) in [5.74, 6) is 1.12. The van der Waals surface area contributed by atoms with Gasteiger partial charge in [-0.2, -0.15) is 0 Å². The van der Waals surface area contributed by atoms with Gasteiger partial charge in [-0.25, -0.2) is 9.13 Å². The minimum absolute atomic E-state index is 0.107. The van der Waals surface area contributed by atoms with Crippen molar-refractivity contribution in [3.63, 3.8) is 0 Å². The van der Waals surface area contributed by atoms with Crippen molar-refractivity contribution in [2.45, 2.75) is 510 Å². The summed E-state index contributed by atoms with van der Waals surface area (Å²) in [6.07, 6.45) is 73.6. The zero-order chi connectivity index (χ0) is 82.3. The molecule has 0 rings (SSSR count). The van der Waals surface area contributed by atoms with E-state index in [0.29, 0.717) is 25.7 Å². The van der Waals surface area contributed by atoms with Crippen LogP contribution in [0.5, 0.6) is 0 Å². The van der Waals surface area contributed by atoms with Gasteiger partial charge < -0.3 is 33.8 Å². The van der Waals surface area contributed by atoms with E-state index in [2.05, 4.69) is 55.4 Å². The predicted octanol–water partition coefficient (Wildman–Crippen LogP) is 28.7. The lowest BCUT2D eigenvalue weighted by Gasteiger charge is -2.21. The van der Waals surface area contributed by atoms with Gasteiger partial charge in [-0.15, -0.1) is 0 Å². The van der Waals surface area contributed by atoms with E-state index in [0.717, 1.165) is 114 Å². The molecule has 0 amide bonds. The van der Waals surface area contributed by atoms with Crippen LogP contribution in [0.4, 0.5) is 0 Å². The molecule has 112 heavy (non-hydrogen) atoms. The number of aliphatic hydroxyl groups excluding tert-OH is 1. The molecule has 0 aromatic rings. The van der Waals surface area contributed by atoms with Gasteiger partial charge in [0.1, 0.15) is 19.3 Å². The molecule has 0 heterocycles. The molecule has 0 bridgehead atoms. The fourth-order valence-corrected chi connectivity index (χ4v) is 16.1. The topological polar surface area (TPSA) is 237 Å². The van der Waals surface area contributed by atoms with Gasteiger partial charge in [-0.1, -0.05) is 441 Å². The highest BCUT2D eigenvalue weighted by molar-refractivity contribution is 7.47. The Morgan fingerprint density at radius 2 is 0.429 bits per heavy atom. The van der Waals surface area contributed by atoms with Gasteiger partial charge in [-0.05, 0) is 49.4 Å². The number of hydrogen-bond acceptors (Lipinski definition) is 15. The largest absolute Gasteiger partial charge is 0.472 e. The summed E-state index contributed by atoms with van der Waals surface area (Å²) in [6.45, 7) is 14.4. The van der Waals surface area contributed by atoms with Crippen LogP contribution in [0.15, 0.2) is 0 Å². The van der Waals surface area contributed by atoms with Crippen LogP contribution in [-0.4, -0.2) is 96.7 Å². The third kappa shape index (κ3) is 84.5. The maximum atomic E-state index is 13.2. The van der Waals surface area contributed by atoms with E-state index in [1.165, 1.54) is 295 Å². The highest BCUT2D eigenvalue weighted by Gasteiger charge is 2.31. The van der Waals surface area contributed by atoms with Crippen molar-refractivity contribution < 1.29 is 80.2 Å². The minimum atomic E-state index is -4.97. The normalized spacial score (nSPS) is 14.1. The van der Waals surface area contributed by atoms with Gasteiger partial charge in [0.15, 0.2) is 12.2 Å². The summed E-state index contributed by atoms with van der Waals surface area (Å²) in [5, 5.41) is 10.7. The van der Waals surface area contributed by atoms with Crippen molar-refractivity contribution in [2.24, 2.45) is 23.7 Å². The molecular formula is C93H182O17P2. The Kier molecular flexibility index (Phi) is 80.0. The molecule has 0 aliphatic carbocycles. The average molecular weight is 1630 g/mol. The van der Waals surface area contributed by atoms with E-state index in [-0.39, 0.29) is 25.7 Å². The lowest BCUT2D eigenvalue weighted by Crippen LogP contribution is -2.30. The molecule has 0 saturated carbocycles. The molecule has 17 nitrogen and oxygen atoms in total. The summed E-state index contributed by atoms with van der Waals surface area (Å²) < 4.78 is 69.1. The number of carbonyl (C=O) groups excluding carboxylic acids is 4. The van der Waals surface area contributed by atoms with Crippen LogP contribution in [0.1, 0.15) is 492 Å². The fourth-order valence-electron chi connectivity index (χ4n) is 14.5. The lowest BCUT2D eigenvalue weighted by atomic mass is 9.99. The Labute approximate surface area is 689 Å². The van der Waals surface area contributed by atoms with Crippen molar-refractivity contribution in [1.29, 1.82) is 0 Å². The van der Waals surface area contributed by atoms with Gasteiger partial charge in [0, 0.05) is 25.7 Å². The maximum Gasteiger partial charge on any atom is 0.472 e. The van der Waals surface area contributed by atoms with E-state index in [1.807, 2.05) is 0 Å². The fraction of sp³-hybridized carbons (Fsp3) is 0.957. The molecule has 0 aliphatic rings. The number of esters is 4. The van der Waals surface area contributed by atoms with Crippen molar-refractivity contribution in [1.82, 2.24) is 0 Å². The van der Waals surface area contributed by atoms with E-state index in [4.69, 9.17) is 37.0 Å². The first kappa shape index (κ1) is 110. The molecular weight excluding hydrogens is 1450 g/mol. The van der Waals surface area contributed by atoms with Crippen LogP contribution in [0.25, 0.3) is 0 Å². The van der Waals surface area contributed by atoms with E-state index >= 15 is 0 Å². The first-order chi connectivity index (χ1) is 54.1. The van der Waals surface area contributed by atoms with Crippen LogP contribution in [0.3, 0.4) is 0 Å². The van der Waals surface area contributed by atoms with Crippen LogP contribution < -0.4 is 0 Å². The van der Waals surface area contributed by atoms with Crippen LogP contribution in [0, 0.1) is 23.7 Å². The van der Waals surface area contributed by atoms with Gasteiger partial charge in [-0.3, -0.25) is 37.3 Å². The molecule has 0 aliphatic heterocycles. The molecule has 6 atom stereocenters. The number of phosphoric acid groups is 2. The number of phosphoric ester groups is 2. The third-order valence-electron chi connectivity index (χ3n) is 22.2. The highest BCUT2D eigenvalue weighted by atomic mass is 31.2. The summed E-state index contributed by atoms with van der Waals surface area (Å²) in [7, 11) is -9.94. The number of unbranched alkanes of at least 4 members (excludes halogenated alkanes) is 55. The number of ether oxygens (including phenoxy) is 4. The number of rotatable bonds is 90. The molecule has 19 heteroatoms. The molecule has 0 aromatic heterocycles. The highest BCUT2D eigenvalue weighted by Crippen LogP contribution is 2.45. The number of hydrogen-bond donors (Lipinski definition) is 3. The second kappa shape index (κ2) is 81.4. The summed E-state index contributed by atoms with van der Waals surface area (Å²) in [6, 6.07) is 0. The SMILES string of the molecule is CCC(C)CCCCCCCCCCC(=O)OC[C@H](COP(=O)(O)OC[C@H](O)COP(=O)(O)OC[C@@H](COC(=O)CCCCCCCCCCCCCCCCCCCCC(C)C)OC(=O)CCCCCCCCCCCCCCCCCCCCC(C)C)OC(=O)CCCCCCCCCCCCCCCCCC(C)C. The molecule has 3 unspecified atom stereocenters. The van der Waals surface area contributed by atoms with Crippen LogP contribution in [-0.2, 0) is 65.4 Å². The van der Waals surface area contributed by atoms with E-state index < -0.39 is 97.5 Å². The van der Waals surface area contributed by atoms with Gasteiger partial charge in [0.2, 0.25) is 0 Å². The molecule has 0 fully saturated rings. The summed E-state index contributed by atoms with van der Waals surface area (Å²) in [5.41, 5.74) is 0. The first-order valence-electron chi connectivity index (χ1n) is 47.7. The van der Waals surface area contributed by atoms with E-state index in [1.54, 1.807) is 0 Å². The monoisotopic (exact) mass is 1630 g/mol. The third-order valence-corrected chi connectivity index (χ3v) is 24.1. The van der Waals surface area contributed by atoms with Crippen molar-refractivity contribution >= 4 is 39.5 Å². The van der Waals surface area contributed by atoms with Gasteiger partial charge >= 0.3 is 39.5 Å². The summed E-state index contributed by atoms with van der Waals surface area (Å²) >= 11 is 0. The van der Waals surface area contributed by atoms with E-state index in [9.17, 15) is 43.2 Å². The smallest absolute Gasteiger partial charge is 0.462 e. The number of carbonyl (C=O) groups is 4. The first-order valence-corrected chi connectivity index (χ1v) is 50.7. The zero-order valence-corrected chi connectivity index (χ0v) is 76.1. The van der Waals surface area contributed by atoms with Crippen molar-refractivity contribution in [3.05, 3.63) is 0 Å². The molecule has 0 spiro atoms. The average Bonchev–Trinajstić information content (AvgIpc) is 0.896. The quantitative estimate of drug-likeness (QED) is 0.0222. The van der Waals surface area contributed by atoms with Crippen molar-refractivity contribution in [2.75, 3.05) is 39.6 Å².